The maximum atomic E-state index is 13.2. The zero-order chi connectivity index (χ0) is 21.4. The molecule has 2 N–H and O–H groups in total. The van der Waals surface area contributed by atoms with Crippen LogP contribution in [0.25, 0.3) is 5.65 Å². The van der Waals surface area contributed by atoms with Gasteiger partial charge in [-0.15, -0.1) is 0 Å². The molecule has 160 valence electrons. The van der Waals surface area contributed by atoms with Gasteiger partial charge in [0.1, 0.15) is 11.4 Å². The number of alkyl carbamates (subject to hydrolysis) is 1. The third-order valence-electron chi connectivity index (χ3n) is 4.59. The zero-order valence-corrected chi connectivity index (χ0v) is 16.9. The molecule has 3 rings (SSSR count). The predicted octanol–water partition coefficient (Wildman–Crippen LogP) is 4.30. The average molecular weight is 413 g/mol. The summed E-state index contributed by atoms with van der Waals surface area (Å²) in [5.41, 5.74) is -0.843. The van der Waals surface area contributed by atoms with Crippen LogP contribution in [-0.2, 0) is 10.9 Å². The fourth-order valence-electron chi connectivity index (χ4n) is 3.47. The lowest BCUT2D eigenvalue weighted by atomic mass is 9.91. The fraction of sp³-hybridized carbons (Fsp3) is 0.632. The maximum absolute atomic E-state index is 13.2. The minimum absolute atomic E-state index is 0.111. The van der Waals surface area contributed by atoms with Gasteiger partial charge in [0.25, 0.3) is 0 Å². The van der Waals surface area contributed by atoms with E-state index in [4.69, 9.17) is 4.74 Å². The molecule has 0 aromatic carbocycles. The number of carbonyl (C=O) groups is 1. The molecule has 1 aliphatic rings. The summed E-state index contributed by atoms with van der Waals surface area (Å²) in [5, 5.41) is 10.3. The quantitative estimate of drug-likeness (QED) is 0.784. The molecule has 1 aliphatic carbocycles. The summed E-state index contributed by atoms with van der Waals surface area (Å²) in [6.45, 7) is 7.07. The van der Waals surface area contributed by atoms with Gasteiger partial charge in [-0.25, -0.2) is 9.78 Å². The van der Waals surface area contributed by atoms with Crippen molar-refractivity contribution >= 4 is 17.6 Å². The molecular weight excluding hydrogens is 387 g/mol. The number of alkyl halides is 3. The number of aromatic nitrogens is 3. The number of hydrogen-bond acceptors (Lipinski definition) is 5. The van der Waals surface area contributed by atoms with E-state index in [-0.39, 0.29) is 23.5 Å². The Labute approximate surface area is 167 Å². The zero-order valence-electron chi connectivity index (χ0n) is 16.9. The average Bonchev–Trinajstić information content (AvgIpc) is 2.93. The highest BCUT2D eigenvalue weighted by Gasteiger charge is 2.34. The minimum Gasteiger partial charge on any atom is -0.444 e. The highest BCUT2D eigenvalue weighted by Crippen LogP contribution is 2.31. The molecule has 1 fully saturated rings. The molecule has 2 aromatic rings. The number of carbonyl (C=O) groups excluding carboxylic acids is 1. The molecule has 2 heterocycles. The normalized spacial score (nSPS) is 20.5. The monoisotopic (exact) mass is 413 g/mol. The van der Waals surface area contributed by atoms with E-state index in [0.29, 0.717) is 12.1 Å². The van der Waals surface area contributed by atoms with E-state index in [1.807, 2.05) is 0 Å². The van der Waals surface area contributed by atoms with Crippen LogP contribution in [0.15, 0.2) is 12.1 Å². The smallest absolute Gasteiger partial charge is 0.433 e. The topological polar surface area (TPSA) is 80.5 Å². The molecule has 2 aromatic heterocycles. The van der Waals surface area contributed by atoms with E-state index < -0.39 is 23.6 Å². The van der Waals surface area contributed by atoms with Crippen molar-refractivity contribution in [2.45, 2.75) is 77.2 Å². The number of ether oxygens (including phenoxy) is 1. The fourth-order valence-corrected chi connectivity index (χ4v) is 3.47. The summed E-state index contributed by atoms with van der Waals surface area (Å²) < 4.78 is 46.4. The number of rotatable bonds is 3. The molecule has 1 amide bonds. The molecule has 0 unspecified atom stereocenters. The summed E-state index contributed by atoms with van der Waals surface area (Å²) >= 11 is 0. The first-order valence-corrected chi connectivity index (χ1v) is 9.61. The molecule has 2 atom stereocenters. The third kappa shape index (κ3) is 5.51. The number of nitrogens with one attached hydrogen (secondary N) is 2. The van der Waals surface area contributed by atoms with E-state index >= 15 is 0 Å². The van der Waals surface area contributed by atoms with Gasteiger partial charge in [-0.2, -0.15) is 22.8 Å². The number of anilines is 1. The third-order valence-corrected chi connectivity index (χ3v) is 4.59. The molecule has 1 saturated carbocycles. The van der Waals surface area contributed by atoms with Gasteiger partial charge in [0, 0.05) is 24.2 Å². The van der Waals surface area contributed by atoms with Crippen LogP contribution in [0.5, 0.6) is 0 Å². The molecular formula is C19H26F3N5O2. The van der Waals surface area contributed by atoms with Crippen LogP contribution < -0.4 is 10.6 Å². The lowest BCUT2D eigenvalue weighted by Crippen LogP contribution is -2.44. The van der Waals surface area contributed by atoms with Gasteiger partial charge in [0.15, 0.2) is 11.3 Å². The number of halogens is 3. The molecule has 0 radical (unpaired) electrons. The van der Waals surface area contributed by atoms with Crippen LogP contribution >= 0.6 is 0 Å². The van der Waals surface area contributed by atoms with Gasteiger partial charge >= 0.3 is 12.3 Å². The van der Waals surface area contributed by atoms with Crippen molar-refractivity contribution in [3.63, 3.8) is 0 Å². The molecule has 0 bridgehead atoms. The molecule has 0 spiro atoms. The number of aryl methyl sites for hydroxylation is 1. The molecule has 10 heteroatoms. The summed E-state index contributed by atoms with van der Waals surface area (Å²) in [7, 11) is 0. The van der Waals surface area contributed by atoms with Gasteiger partial charge in [0.2, 0.25) is 0 Å². The van der Waals surface area contributed by atoms with Crippen LogP contribution in [0, 0.1) is 6.92 Å². The minimum atomic E-state index is -4.55. The van der Waals surface area contributed by atoms with Gasteiger partial charge < -0.3 is 15.4 Å². The van der Waals surface area contributed by atoms with E-state index in [2.05, 4.69) is 20.7 Å². The van der Waals surface area contributed by atoms with Gasteiger partial charge in [-0.3, -0.25) is 0 Å². The van der Waals surface area contributed by atoms with E-state index in [1.165, 1.54) is 10.6 Å². The second kappa shape index (κ2) is 7.72. The Morgan fingerprint density at radius 2 is 1.90 bits per heavy atom. The molecule has 0 aliphatic heterocycles. The van der Waals surface area contributed by atoms with Crippen molar-refractivity contribution in [3.05, 3.63) is 23.5 Å². The summed E-state index contributed by atoms with van der Waals surface area (Å²) in [6.07, 6.45) is -2.07. The number of nitrogens with zero attached hydrogens (tertiary/aromatic N) is 3. The van der Waals surface area contributed by atoms with E-state index in [9.17, 15) is 18.0 Å². The Bertz CT molecular complexity index is 888. The number of amides is 1. The SMILES string of the molecule is Cc1cc2nc(C(F)(F)F)cc(N[C@H]3CCC[C@@H](NC(=O)OC(C)(C)C)C3)n2n1. The Hall–Kier alpha value is -2.52. The first-order chi connectivity index (χ1) is 13.4. The maximum Gasteiger partial charge on any atom is 0.433 e. The van der Waals surface area contributed by atoms with E-state index in [1.54, 1.807) is 27.7 Å². The van der Waals surface area contributed by atoms with Crippen molar-refractivity contribution in [2.75, 3.05) is 5.32 Å². The van der Waals surface area contributed by atoms with Crippen molar-refractivity contribution < 1.29 is 22.7 Å². The highest BCUT2D eigenvalue weighted by molar-refractivity contribution is 5.68. The standard InChI is InChI=1S/C19H26F3N5O2/c1-11-8-15-25-14(19(20,21)22)10-16(27(15)26-11)23-12-6-5-7-13(9-12)24-17(28)29-18(2,3)4/h8,10,12-13,23H,5-7,9H2,1-4H3,(H,24,28)/t12-,13+/m0/s1. The van der Waals surface area contributed by atoms with Crippen molar-refractivity contribution in [1.82, 2.24) is 19.9 Å². The van der Waals surface area contributed by atoms with Crippen molar-refractivity contribution in [3.8, 4) is 0 Å². The van der Waals surface area contributed by atoms with Crippen LogP contribution in [0.4, 0.5) is 23.8 Å². The first-order valence-electron chi connectivity index (χ1n) is 9.61. The Balaban J connectivity index is 1.75. The molecule has 29 heavy (non-hydrogen) atoms. The van der Waals surface area contributed by atoms with Crippen LogP contribution in [0.2, 0.25) is 0 Å². The summed E-state index contributed by atoms with van der Waals surface area (Å²) in [6, 6.07) is 2.26. The second-order valence-electron chi connectivity index (χ2n) is 8.43. The lowest BCUT2D eigenvalue weighted by Gasteiger charge is -2.31. The Morgan fingerprint density at radius 1 is 1.21 bits per heavy atom. The molecule has 7 nitrogen and oxygen atoms in total. The Kier molecular flexibility index (Phi) is 5.64. The van der Waals surface area contributed by atoms with Gasteiger partial charge in [-0.05, 0) is 53.4 Å². The van der Waals surface area contributed by atoms with Gasteiger partial charge in [-0.1, -0.05) is 0 Å². The molecule has 0 saturated heterocycles. The summed E-state index contributed by atoms with van der Waals surface area (Å²) in [5.74, 6) is 0.235. The van der Waals surface area contributed by atoms with Gasteiger partial charge in [0.05, 0.1) is 5.69 Å². The van der Waals surface area contributed by atoms with Crippen LogP contribution in [0.1, 0.15) is 57.8 Å². The highest BCUT2D eigenvalue weighted by atomic mass is 19.4. The van der Waals surface area contributed by atoms with Crippen LogP contribution in [-0.4, -0.2) is 38.4 Å². The number of fused-ring (bicyclic) bond motifs is 1. The largest absolute Gasteiger partial charge is 0.444 e. The predicted molar refractivity (Wildman–Crippen MR) is 102 cm³/mol. The lowest BCUT2D eigenvalue weighted by molar-refractivity contribution is -0.141. The summed E-state index contributed by atoms with van der Waals surface area (Å²) in [4.78, 5) is 15.7. The van der Waals surface area contributed by atoms with E-state index in [0.717, 1.165) is 25.3 Å². The number of hydrogen-bond donors (Lipinski definition) is 2. The Morgan fingerprint density at radius 3 is 2.55 bits per heavy atom. The second-order valence-corrected chi connectivity index (χ2v) is 8.43. The van der Waals surface area contributed by atoms with Crippen LogP contribution in [0.3, 0.4) is 0 Å². The van der Waals surface area contributed by atoms with Crippen molar-refractivity contribution in [1.29, 1.82) is 0 Å². The first kappa shape index (κ1) is 21.2. The van der Waals surface area contributed by atoms with Crippen molar-refractivity contribution in [2.24, 2.45) is 0 Å².